The molecule has 96 valence electrons. The predicted octanol–water partition coefficient (Wildman–Crippen LogP) is 1.38. The number of hydrogen-bond donors (Lipinski definition) is 3. The number of rotatable bonds is 7. The van der Waals surface area contributed by atoms with Crippen LogP contribution in [0.1, 0.15) is 43.1 Å². The van der Waals surface area contributed by atoms with Gasteiger partial charge in [0.1, 0.15) is 0 Å². The molecule has 0 fully saturated rings. The highest BCUT2D eigenvalue weighted by atomic mass is 15.1. The van der Waals surface area contributed by atoms with Gasteiger partial charge in [-0.15, -0.1) is 0 Å². The molecule has 3 N–H and O–H groups in total. The molecule has 0 spiro atoms. The Labute approximate surface area is 104 Å². The van der Waals surface area contributed by atoms with Gasteiger partial charge in [0.15, 0.2) is 0 Å². The molecule has 17 heavy (non-hydrogen) atoms. The Bertz CT molecular complexity index is 332. The zero-order valence-corrected chi connectivity index (χ0v) is 10.8. The molecular weight excluding hydrogens is 212 g/mol. The molecule has 0 atom stereocenters. The van der Waals surface area contributed by atoms with Crippen molar-refractivity contribution in [2.75, 3.05) is 19.6 Å². The van der Waals surface area contributed by atoms with Gasteiger partial charge < -0.3 is 10.6 Å². The number of nitrogens with one attached hydrogen (secondary N) is 3. The summed E-state index contributed by atoms with van der Waals surface area (Å²) < 4.78 is 0. The lowest BCUT2D eigenvalue weighted by Crippen LogP contribution is -2.22. The fourth-order valence-electron chi connectivity index (χ4n) is 2.42. The molecule has 0 saturated carbocycles. The lowest BCUT2D eigenvalue weighted by molar-refractivity contribution is 0.597. The van der Waals surface area contributed by atoms with Crippen LogP contribution in [0.5, 0.6) is 0 Å². The van der Waals surface area contributed by atoms with Crippen LogP contribution in [0.4, 0.5) is 0 Å². The fourth-order valence-corrected chi connectivity index (χ4v) is 2.42. The van der Waals surface area contributed by atoms with E-state index in [-0.39, 0.29) is 0 Å². The lowest BCUT2D eigenvalue weighted by Gasteiger charge is -2.11. The molecule has 0 unspecified atom stereocenters. The normalized spacial score (nSPS) is 14.9. The zero-order chi connectivity index (χ0) is 11.9. The third-order valence-corrected chi connectivity index (χ3v) is 3.39. The van der Waals surface area contributed by atoms with Gasteiger partial charge in [0.2, 0.25) is 0 Å². The third-order valence-electron chi connectivity index (χ3n) is 3.39. The molecule has 0 aromatic carbocycles. The Morgan fingerprint density at radius 3 is 2.88 bits per heavy atom. The van der Waals surface area contributed by atoms with Crippen LogP contribution < -0.4 is 10.6 Å². The van der Waals surface area contributed by atoms with Crippen LogP contribution in [-0.2, 0) is 19.4 Å². The first-order valence-corrected chi connectivity index (χ1v) is 6.88. The van der Waals surface area contributed by atoms with Crippen molar-refractivity contribution in [1.82, 2.24) is 20.8 Å². The van der Waals surface area contributed by atoms with Gasteiger partial charge in [0.25, 0.3) is 0 Å². The van der Waals surface area contributed by atoms with E-state index in [1.165, 1.54) is 49.1 Å². The Balaban J connectivity index is 1.70. The molecule has 2 rings (SSSR count). The molecule has 1 heterocycles. The average molecular weight is 236 g/mol. The van der Waals surface area contributed by atoms with Gasteiger partial charge in [-0.05, 0) is 57.3 Å². The second-order valence-electron chi connectivity index (χ2n) is 4.72. The molecule has 1 aromatic heterocycles. The first kappa shape index (κ1) is 12.6. The molecular formula is C13H24N4. The van der Waals surface area contributed by atoms with Crippen molar-refractivity contribution in [1.29, 1.82) is 0 Å². The summed E-state index contributed by atoms with van der Waals surface area (Å²) in [6, 6.07) is 0. The Morgan fingerprint density at radius 1 is 1.18 bits per heavy atom. The summed E-state index contributed by atoms with van der Waals surface area (Å²) in [7, 11) is 0. The minimum absolute atomic E-state index is 0.915. The topological polar surface area (TPSA) is 52.7 Å². The van der Waals surface area contributed by atoms with Gasteiger partial charge in [-0.2, -0.15) is 5.10 Å². The number of fused-ring (bicyclic) bond motifs is 1. The van der Waals surface area contributed by atoms with Crippen LogP contribution in [0.25, 0.3) is 0 Å². The summed E-state index contributed by atoms with van der Waals surface area (Å²) in [5.74, 6) is 0. The van der Waals surface area contributed by atoms with Crippen molar-refractivity contribution in [3.05, 3.63) is 17.0 Å². The molecule has 0 aliphatic heterocycles. The Kier molecular flexibility index (Phi) is 5.01. The highest BCUT2D eigenvalue weighted by Gasteiger charge is 2.15. The lowest BCUT2D eigenvalue weighted by atomic mass is 9.96. The highest BCUT2D eigenvalue weighted by molar-refractivity contribution is 5.27. The van der Waals surface area contributed by atoms with Crippen LogP contribution in [0, 0.1) is 0 Å². The van der Waals surface area contributed by atoms with Gasteiger partial charge in [-0.25, -0.2) is 0 Å². The SMILES string of the molecule is CCNCCCNCc1n[nH]c2c1CCCC2. The van der Waals surface area contributed by atoms with Gasteiger partial charge in [0, 0.05) is 12.2 Å². The maximum Gasteiger partial charge on any atom is 0.0794 e. The summed E-state index contributed by atoms with van der Waals surface area (Å²) in [4.78, 5) is 0. The van der Waals surface area contributed by atoms with Crippen molar-refractivity contribution in [3.8, 4) is 0 Å². The van der Waals surface area contributed by atoms with Crippen LogP contribution in [0.3, 0.4) is 0 Å². The van der Waals surface area contributed by atoms with E-state index >= 15 is 0 Å². The molecule has 1 aliphatic rings. The van der Waals surface area contributed by atoms with Crippen molar-refractivity contribution < 1.29 is 0 Å². The van der Waals surface area contributed by atoms with E-state index in [1.54, 1.807) is 0 Å². The summed E-state index contributed by atoms with van der Waals surface area (Å²) in [5, 5.41) is 14.4. The maximum atomic E-state index is 4.43. The van der Waals surface area contributed by atoms with Crippen molar-refractivity contribution in [3.63, 3.8) is 0 Å². The van der Waals surface area contributed by atoms with E-state index in [1.807, 2.05) is 0 Å². The van der Waals surface area contributed by atoms with Crippen molar-refractivity contribution >= 4 is 0 Å². The second kappa shape index (κ2) is 6.77. The van der Waals surface area contributed by atoms with Gasteiger partial charge in [-0.1, -0.05) is 6.92 Å². The molecule has 0 saturated heterocycles. The molecule has 1 aliphatic carbocycles. The minimum atomic E-state index is 0.915. The summed E-state index contributed by atoms with van der Waals surface area (Å²) in [6.45, 7) is 6.28. The van der Waals surface area contributed by atoms with Crippen molar-refractivity contribution in [2.45, 2.75) is 45.6 Å². The maximum absolute atomic E-state index is 4.43. The summed E-state index contributed by atoms with van der Waals surface area (Å²) in [5.41, 5.74) is 4.10. The minimum Gasteiger partial charge on any atom is -0.317 e. The Morgan fingerprint density at radius 2 is 2.00 bits per heavy atom. The molecule has 4 heteroatoms. The monoisotopic (exact) mass is 236 g/mol. The summed E-state index contributed by atoms with van der Waals surface area (Å²) in [6.07, 6.45) is 6.20. The number of nitrogens with zero attached hydrogens (tertiary/aromatic N) is 1. The van der Waals surface area contributed by atoms with E-state index in [4.69, 9.17) is 0 Å². The first-order valence-electron chi connectivity index (χ1n) is 6.88. The van der Waals surface area contributed by atoms with E-state index < -0.39 is 0 Å². The number of H-pyrrole nitrogens is 1. The highest BCUT2D eigenvalue weighted by Crippen LogP contribution is 2.21. The molecule has 0 radical (unpaired) electrons. The van der Waals surface area contributed by atoms with E-state index in [0.717, 1.165) is 26.2 Å². The van der Waals surface area contributed by atoms with Gasteiger partial charge >= 0.3 is 0 Å². The molecule has 1 aromatic rings. The zero-order valence-electron chi connectivity index (χ0n) is 10.8. The van der Waals surface area contributed by atoms with E-state index in [9.17, 15) is 0 Å². The van der Waals surface area contributed by atoms with Crippen LogP contribution in [0.2, 0.25) is 0 Å². The smallest absolute Gasteiger partial charge is 0.0794 e. The third kappa shape index (κ3) is 3.54. The van der Waals surface area contributed by atoms with Gasteiger partial charge in [-0.3, -0.25) is 5.10 Å². The van der Waals surface area contributed by atoms with E-state index in [2.05, 4.69) is 27.8 Å². The van der Waals surface area contributed by atoms with Crippen molar-refractivity contribution in [2.24, 2.45) is 0 Å². The van der Waals surface area contributed by atoms with E-state index in [0.29, 0.717) is 0 Å². The molecule has 0 amide bonds. The van der Waals surface area contributed by atoms with Crippen LogP contribution in [-0.4, -0.2) is 29.8 Å². The quantitative estimate of drug-likeness (QED) is 0.627. The summed E-state index contributed by atoms with van der Waals surface area (Å²) >= 11 is 0. The number of hydrogen-bond acceptors (Lipinski definition) is 3. The Hall–Kier alpha value is -0.870. The number of aromatic amines is 1. The van der Waals surface area contributed by atoms with Crippen LogP contribution >= 0.6 is 0 Å². The number of aryl methyl sites for hydroxylation is 1. The standard InChI is InChI=1S/C13H24N4/c1-2-14-8-5-9-15-10-13-11-6-3-4-7-12(11)16-17-13/h14-15H,2-10H2,1H3,(H,16,17). The average Bonchev–Trinajstić information content (AvgIpc) is 2.77. The largest absolute Gasteiger partial charge is 0.317 e. The second-order valence-corrected chi connectivity index (χ2v) is 4.72. The van der Waals surface area contributed by atoms with Crippen LogP contribution in [0.15, 0.2) is 0 Å². The predicted molar refractivity (Wildman–Crippen MR) is 70.1 cm³/mol. The van der Waals surface area contributed by atoms with Gasteiger partial charge in [0.05, 0.1) is 5.69 Å². The number of aromatic nitrogens is 2. The molecule has 0 bridgehead atoms. The molecule has 4 nitrogen and oxygen atoms in total. The first-order chi connectivity index (χ1) is 8.42. The fraction of sp³-hybridized carbons (Fsp3) is 0.769.